The molecule has 0 aliphatic carbocycles. The van der Waals surface area contributed by atoms with Gasteiger partial charge in [0.2, 0.25) is 0 Å². The molecule has 1 fully saturated rings. The Morgan fingerprint density at radius 1 is 1.46 bits per heavy atom. The number of hydrogen-bond donors (Lipinski definition) is 0. The van der Waals surface area contributed by atoms with Crippen LogP contribution in [0.1, 0.15) is 34.1 Å². The molecule has 0 spiro atoms. The van der Waals surface area contributed by atoms with E-state index in [-0.39, 0.29) is 6.10 Å². The van der Waals surface area contributed by atoms with Crippen LogP contribution in [0.5, 0.6) is 0 Å². The van der Waals surface area contributed by atoms with Crippen molar-refractivity contribution in [3.05, 3.63) is 0 Å². The van der Waals surface area contributed by atoms with Gasteiger partial charge in [0.25, 0.3) is 0 Å². The van der Waals surface area contributed by atoms with Crippen molar-refractivity contribution in [2.24, 2.45) is 5.41 Å². The lowest BCUT2D eigenvalue weighted by Crippen LogP contribution is -2.45. The molecule has 0 saturated carbocycles. The van der Waals surface area contributed by atoms with E-state index >= 15 is 0 Å². The highest BCUT2D eigenvalue weighted by Gasteiger charge is 2.38. The van der Waals surface area contributed by atoms with Crippen molar-refractivity contribution in [1.29, 1.82) is 5.26 Å². The first-order chi connectivity index (χ1) is 5.87. The van der Waals surface area contributed by atoms with Gasteiger partial charge in [0.05, 0.1) is 24.2 Å². The topological polar surface area (TPSA) is 42.2 Å². The minimum Gasteiger partial charge on any atom is -0.350 e. The normalized spacial score (nSPS) is 28.1. The first-order valence-electron chi connectivity index (χ1n) is 4.60. The third-order valence-corrected chi connectivity index (χ3v) is 2.35. The number of nitriles is 1. The third-order valence-electron chi connectivity index (χ3n) is 2.35. The fourth-order valence-corrected chi connectivity index (χ4v) is 1.43. The summed E-state index contributed by atoms with van der Waals surface area (Å²) < 4.78 is 11.1. The van der Waals surface area contributed by atoms with Crippen molar-refractivity contribution in [2.75, 3.05) is 6.61 Å². The molecule has 1 rings (SSSR count). The van der Waals surface area contributed by atoms with Crippen LogP contribution in [0, 0.1) is 16.7 Å². The fourth-order valence-electron chi connectivity index (χ4n) is 1.43. The SMILES string of the molecule is CC1(C)OCCC(C(C)(C)C#N)O1. The summed E-state index contributed by atoms with van der Waals surface area (Å²) >= 11 is 0. The second-order valence-electron chi connectivity index (χ2n) is 4.48. The van der Waals surface area contributed by atoms with Crippen LogP contribution in [0.2, 0.25) is 0 Å². The van der Waals surface area contributed by atoms with Crippen LogP contribution in [-0.2, 0) is 9.47 Å². The van der Waals surface area contributed by atoms with E-state index in [9.17, 15) is 0 Å². The summed E-state index contributed by atoms with van der Waals surface area (Å²) in [5, 5.41) is 8.95. The molecule has 1 aliphatic rings. The largest absolute Gasteiger partial charge is 0.350 e. The number of ether oxygens (including phenoxy) is 2. The number of rotatable bonds is 1. The van der Waals surface area contributed by atoms with E-state index in [0.717, 1.165) is 6.42 Å². The standard InChI is InChI=1S/C10H17NO2/c1-9(2,7-11)8-5-6-12-10(3,4)13-8/h8H,5-6H2,1-4H3. The molecule has 1 atom stereocenters. The second-order valence-corrected chi connectivity index (χ2v) is 4.48. The van der Waals surface area contributed by atoms with E-state index in [4.69, 9.17) is 14.7 Å². The van der Waals surface area contributed by atoms with Gasteiger partial charge in [0, 0.05) is 0 Å². The Bertz CT molecular complexity index is 228. The molecule has 0 amide bonds. The molecule has 13 heavy (non-hydrogen) atoms. The van der Waals surface area contributed by atoms with Crippen LogP contribution in [0.4, 0.5) is 0 Å². The van der Waals surface area contributed by atoms with Gasteiger partial charge >= 0.3 is 0 Å². The lowest BCUT2D eigenvalue weighted by molar-refractivity contribution is -0.286. The van der Waals surface area contributed by atoms with Gasteiger partial charge < -0.3 is 9.47 Å². The minimum absolute atomic E-state index is 0.0266. The van der Waals surface area contributed by atoms with E-state index in [0.29, 0.717) is 6.61 Å². The zero-order valence-corrected chi connectivity index (χ0v) is 8.76. The van der Waals surface area contributed by atoms with E-state index in [1.165, 1.54) is 0 Å². The molecule has 3 heteroatoms. The van der Waals surface area contributed by atoms with Gasteiger partial charge in [-0.25, -0.2) is 0 Å². The van der Waals surface area contributed by atoms with Crippen molar-refractivity contribution < 1.29 is 9.47 Å². The Hall–Kier alpha value is -0.590. The Balaban J connectivity index is 2.68. The van der Waals surface area contributed by atoms with Crippen LogP contribution in [0.15, 0.2) is 0 Å². The van der Waals surface area contributed by atoms with Crippen LogP contribution in [0.25, 0.3) is 0 Å². The fraction of sp³-hybridized carbons (Fsp3) is 0.900. The van der Waals surface area contributed by atoms with Gasteiger partial charge in [0.1, 0.15) is 0 Å². The first kappa shape index (κ1) is 10.5. The van der Waals surface area contributed by atoms with Crippen molar-refractivity contribution in [3.63, 3.8) is 0 Å². The van der Waals surface area contributed by atoms with E-state index in [2.05, 4.69) is 6.07 Å². The minimum atomic E-state index is -0.545. The lowest BCUT2D eigenvalue weighted by Gasteiger charge is -2.40. The Labute approximate surface area is 79.6 Å². The lowest BCUT2D eigenvalue weighted by atomic mass is 9.86. The molecule has 0 N–H and O–H groups in total. The van der Waals surface area contributed by atoms with Crippen molar-refractivity contribution in [1.82, 2.24) is 0 Å². The maximum Gasteiger partial charge on any atom is 0.163 e. The van der Waals surface area contributed by atoms with E-state index in [1.807, 2.05) is 27.7 Å². The average molecular weight is 183 g/mol. The molecule has 1 aliphatic heterocycles. The van der Waals surface area contributed by atoms with E-state index in [1.54, 1.807) is 0 Å². The van der Waals surface area contributed by atoms with Crippen molar-refractivity contribution in [3.8, 4) is 6.07 Å². The zero-order valence-electron chi connectivity index (χ0n) is 8.76. The second kappa shape index (κ2) is 3.28. The highest BCUT2D eigenvalue weighted by molar-refractivity contribution is 4.99. The smallest absolute Gasteiger partial charge is 0.163 e. The molecular formula is C10H17NO2. The van der Waals surface area contributed by atoms with E-state index < -0.39 is 11.2 Å². The van der Waals surface area contributed by atoms with Gasteiger partial charge in [-0.15, -0.1) is 0 Å². The van der Waals surface area contributed by atoms with Crippen LogP contribution in [0.3, 0.4) is 0 Å². The molecule has 74 valence electrons. The summed E-state index contributed by atoms with van der Waals surface area (Å²) in [7, 11) is 0. The maximum atomic E-state index is 8.95. The summed E-state index contributed by atoms with van der Waals surface area (Å²) in [5.41, 5.74) is -0.430. The highest BCUT2D eigenvalue weighted by atomic mass is 16.7. The number of hydrogen-bond acceptors (Lipinski definition) is 3. The average Bonchev–Trinajstić information content (AvgIpc) is 2.03. The Kier molecular flexibility index (Phi) is 2.65. The summed E-state index contributed by atoms with van der Waals surface area (Å²) in [6, 6.07) is 2.27. The third kappa shape index (κ3) is 2.43. The summed E-state index contributed by atoms with van der Waals surface area (Å²) in [6.07, 6.45) is 0.769. The van der Waals surface area contributed by atoms with Crippen molar-refractivity contribution >= 4 is 0 Å². The molecule has 0 radical (unpaired) electrons. The molecule has 0 aromatic heterocycles. The predicted molar refractivity (Wildman–Crippen MR) is 48.9 cm³/mol. The van der Waals surface area contributed by atoms with Gasteiger partial charge in [-0.1, -0.05) is 0 Å². The molecule has 3 nitrogen and oxygen atoms in total. The quantitative estimate of drug-likeness (QED) is 0.625. The summed E-state index contributed by atoms with van der Waals surface area (Å²) in [4.78, 5) is 0. The Morgan fingerprint density at radius 3 is 2.54 bits per heavy atom. The molecule has 1 saturated heterocycles. The van der Waals surface area contributed by atoms with Crippen LogP contribution < -0.4 is 0 Å². The van der Waals surface area contributed by atoms with Gasteiger partial charge in [0.15, 0.2) is 5.79 Å². The molecular weight excluding hydrogens is 166 g/mol. The maximum absolute atomic E-state index is 8.95. The van der Waals surface area contributed by atoms with Gasteiger partial charge in [-0.3, -0.25) is 0 Å². The number of nitrogens with zero attached hydrogens (tertiary/aromatic N) is 1. The highest BCUT2D eigenvalue weighted by Crippen LogP contribution is 2.32. The monoisotopic (exact) mass is 183 g/mol. The molecule has 0 bridgehead atoms. The zero-order chi connectivity index (χ0) is 10.1. The predicted octanol–water partition coefficient (Wildman–Crippen LogP) is 2.08. The molecule has 0 aromatic carbocycles. The van der Waals surface area contributed by atoms with Gasteiger partial charge in [-0.05, 0) is 34.1 Å². The molecule has 1 heterocycles. The van der Waals surface area contributed by atoms with Crippen LogP contribution in [-0.4, -0.2) is 18.5 Å². The first-order valence-corrected chi connectivity index (χ1v) is 4.60. The molecule has 0 aromatic rings. The summed E-state index contributed by atoms with van der Waals surface area (Å²) in [5.74, 6) is -0.545. The van der Waals surface area contributed by atoms with Crippen molar-refractivity contribution in [2.45, 2.75) is 46.0 Å². The molecule has 1 unspecified atom stereocenters. The van der Waals surface area contributed by atoms with Gasteiger partial charge in [-0.2, -0.15) is 5.26 Å². The Morgan fingerprint density at radius 2 is 2.08 bits per heavy atom. The summed E-state index contributed by atoms with van der Waals surface area (Å²) in [6.45, 7) is 8.24. The van der Waals surface area contributed by atoms with Crippen LogP contribution >= 0.6 is 0 Å².